The van der Waals surface area contributed by atoms with Crippen molar-refractivity contribution in [1.29, 1.82) is 0 Å². The van der Waals surface area contributed by atoms with Gasteiger partial charge in [-0.1, -0.05) is 0 Å². The van der Waals surface area contributed by atoms with Crippen molar-refractivity contribution in [3.05, 3.63) is 35.4 Å². The van der Waals surface area contributed by atoms with Crippen molar-refractivity contribution in [3.63, 3.8) is 0 Å². The number of benzene rings is 1. The van der Waals surface area contributed by atoms with Crippen LogP contribution in [-0.4, -0.2) is 12.6 Å². The summed E-state index contributed by atoms with van der Waals surface area (Å²) in [6, 6.07) is 3.49. The highest BCUT2D eigenvalue weighted by molar-refractivity contribution is 5.24. The molecule has 1 aromatic carbocycles. The molecule has 0 amide bonds. The van der Waals surface area contributed by atoms with Crippen LogP contribution in [-0.2, 0) is 10.3 Å². The molecule has 2 unspecified atom stereocenters. The molecule has 0 radical (unpaired) electrons. The van der Waals surface area contributed by atoms with E-state index >= 15 is 0 Å². The van der Waals surface area contributed by atoms with Gasteiger partial charge < -0.3 is 10.5 Å². The molecule has 1 saturated heterocycles. The Morgan fingerprint density at radius 1 is 1.31 bits per heavy atom. The van der Waals surface area contributed by atoms with Gasteiger partial charge in [0.15, 0.2) is 0 Å². The molecule has 2 rings (SSSR count). The summed E-state index contributed by atoms with van der Waals surface area (Å²) in [6.45, 7) is 2.34. The zero-order valence-corrected chi connectivity index (χ0v) is 9.17. The normalized spacial score (nSPS) is 30.4. The van der Waals surface area contributed by atoms with Crippen LogP contribution in [0.25, 0.3) is 0 Å². The number of hydrogen-bond acceptors (Lipinski definition) is 2. The molecule has 0 aliphatic carbocycles. The smallest absolute Gasteiger partial charge is 0.126 e. The highest BCUT2D eigenvalue weighted by Gasteiger charge is 2.34. The maximum absolute atomic E-state index is 13.1. The van der Waals surface area contributed by atoms with Gasteiger partial charge >= 0.3 is 0 Å². The number of ether oxygens (including phenoxy) is 1. The molecule has 2 N–H and O–H groups in total. The molecule has 0 bridgehead atoms. The van der Waals surface area contributed by atoms with Crippen LogP contribution >= 0.6 is 0 Å². The third-order valence-corrected chi connectivity index (χ3v) is 3.03. The average Bonchev–Trinajstić information content (AvgIpc) is 2.15. The van der Waals surface area contributed by atoms with Gasteiger partial charge in [-0.05, 0) is 37.5 Å². The van der Waals surface area contributed by atoms with Crippen molar-refractivity contribution in [2.45, 2.75) is 31.4 Å². The first-order valence-corrected chi connectivity index (χ1v) is 5.36. The summed E-state index contributed by atoms with van der Waals surface area (Å²) in [5.74, 6) is -1.17. The van der Waals surface area contributed by atoms with Crippen LogP contribution in [0.3, 0.4) is 0 Å². The fourth-order valence-corrected chi connectivity index (χ4v) is 2.16. The number of nitrogens with two attached hydrogens (primary N) is 1. The Bertz CT molecular complexity index is 376. The van der Waals surface area contributed by atoms with Crippen LogP contribution in [0.1, 0.15) is 25.3 Å². The maximum Gasteiger partial charge on any atom is 0.126 e. The molecule has 1 aliphatic rings. The molecule has 2 nitrogen and oxygen atoms in total. The minimum absolute atomic E-state index is 0.0186. The standard InChI is InChI=1S/C12H15F2NO/c1-12(7-11(15)2-3-16-12)8-4-9(13)6-10(14)5-8/h4-6,11H,2-3,7,15H2,1H3. The molecular weight excluding hydrogens is 212 g/mol. The Morgan fingerprint density at radius 2 is 1.94 bits per heavy atom. The first-order chi connectivity index (χ1) is 7.49. The zero-order valence-electron chi connectivity index (χ0n) is 9.17. The van der Waals surface area contributed by atoms with Crippen molar-refractivity contribution < 1.29 is 13.5 Å². The van der Waals surface area contributed by atoms with Crippen LogP contribution in [0.5, 0.6) is 0 Å². The van der Waals surface area contributed by atoms with Crippen LogP contribution < -0.4 is 5.73 Å². The SMILES string of the molecule is CC1(c2cc(F)cc(F)c2)CC(N)CCO1. The van der Waals surface area contributed by atoms with E-state index in [9.17, 15) is 8.78 Å². The third-order valence-electron chi connectivity index (χ3n) is 3.03. The lowest BCUT2D eigenvalue weighted by atomic mass is 9.86. The molecule has 4 heteroatoms. The molecule has 1 heterocycles. The molecule has 1 fully saturated rings. The molecule has 1 aliphatic heterocycles. The summed E-state index contributed by atoms with van der Waals surface area (Å²) in [4.78, 5) is 0. The summed E-state index contributed by atoms with van der Waals surface area (Å²) < 4.78 is 31.9. The summed E-state index contributed by atoms with van der Waals surface area (Å²) in [5.41, 5.74) is 5.69. The predicted molar refractivity (Wildman–Crippen MR) is 56.9 cm³/mol. The van der Waals surface area contributed by atoms with E-state index in [1.807, 2.05) is 6.92 Å². The molecule has 2 atom stereocenters. The first-order valence-electron chi connectivity index (χ1n) is 5.36. The highest BCUT2D eigenvalue weighted by atomic mass is 19.1. The van der Waals surface area contributed by atoms with Crippen LogP contribution in [0, 0.1) is 11.6 Å². The van der Waals surface area contributed by atoms with Gasteiger partial charge in [0.1, 0.15) is 11.6 Å². The second-order valence-corrected chi connectivity index (χ2v) is 4.49. The molecule has 1 aromatic rings. The average molecular weight is 227 g/mol. The van der Waals surface area contributed by atoms with E-state index < -0.39 is 17.2 Å². The molecule has 0 aromatic heterocycles. The second kappa shape index (κ2) is 4.11. The van der Waals surface area contributed by atoms with Gasteiger partial charge in [0.2, 0.25) is 0 Å². The Balaban J connectivity index is 2.34. The molecule has 88 valence electrons. The van der Waals surface area contributed by atoms with Gasteiger partial charge in [-0.3, -0.25) is 0 Å². The van der Waals surface area contributed by atoms with E-state index in [0.29, 0.717) is 18.6 Å². The molecule has 0 spiro atoms. The van der Waals surface area contributed by atoms with Gasteiger partial charge in [-0.15, -0.1) is 0 Å². The van der Waals surface area contributed by atoms with Crippen molar-refractivity contribution in [1.82, 2.24) is 0 Å². The molecule has 16 heavy (non-hydrogen) atoms. The van der Waals surface area contributed by atoms with E-state index in [0.717, 1.165) is 12.5 Å². The van der Waals surface area contributed by atoms with Crippen molar-refractivity contribution in [3.8, 4) is 0 Å². The van der Waals surface area contributed by atoms with Gasteiger partial charge in [0.25, 0.3) is 0 Å². The molecular formula is C12H15F2NO. The fraction of sp³-hybridized carbons (Fsp3) is 0.500. The quantitative estimate of drug-likeness (QED) is 0.799. The largest absolute Gasteiger partial charge is 0.370 e. The third kappa shape index (κ3) is 2.23. The monoisotopic (exact) mass is 227 g/mol. The summed E-state index contributed by atoms with van der Waals surface area (Å²) in [6.07, 6.45) is 1.36. The fourth-order valence-electron chi connectivity index (χ4n) is 2.16. The highest BCUT2D eigenvalue weighted by Crippen LogP contribution is 2.34. The Morgan fingerprint density at radius 3 is 2.50 bits per heavy atom. The van der Waals surface area contributed by atoms with Gasteiger partial charge in [-0.25, -0.2) is 8.78 Å². The van der Waals surface area contributed by atoms with Gasteiger partial charge in [-0.2, -0.15) is 0 Å². The van der Waals surface area contributed by atoms with E-state index in [2.05, 4.69) is 0 Å². The Labute approximate surface area is 93.4 Å². The van der Waals surface area contributed by atoms with Crippen LogP contribution in [0.2, 0.25) is 0 Å². The number of rotatable bonds is 1. The van der Waals surface area contributed by atoms with Crippen molar-refractivity contribution in [2.24, 2.45) is 5.73 Å². The minimum Gasteiger partial charge on any atom is -0.370 e. The molecule has 0 saturated carbocycles. The second-order valence-electron chi connectivity index (χ2n) is 4.49. The lowest BCUT2D eigenvalue weighted by molar-refractivity contribution is -0.0769. The topological polar surface area (TPSA) is 35.2 Å². The lowest BCUT2D eigenvalue weighted by Crippen LogP contribution is -2.41. The summed E-state index contributed by atoms with van der Waals surface area (Å²) >= 11 is 0. The first kappa shape index (κ1) is 11.5. The Kier molecular flexibility index (Phi) is 2.95. The van der Waals surface area contributed by atoms with Crippen molar-refractivity contribution >= 4 is 0 Å². The summed E-state index contributed by atoms with van der Waals surface area (Å²) in [7, 11) is 0. The summed E-state index contributed by atoms with van der Waals surface area (Å²) in [5, 5.41) is 0. The van der Waals surface area contributed by atoms with Gasteiger partial charge in [0.05, 0.1) is 5.60 Å². The van der Waals surface area contributed by atoms with Crippen molar-refractivity contribution in [2.75, 3.05) is 6.61 Å². The Hall–Kier alpha value is -1.00. The minimum atomic E-state index is -0.680. The van der Waals surface area contributed by atoms with E-state index in [1.54, 1.807) is 0 Å². The number of halogens is 2. The van der Waals surface area contributed by atoms with Gasteiger partial charge in [0, 0.05) is 18.7 Å². The van der Waals surface area contributed by atoms with E-state index in [1.165, 1.54) is 12.1 Å². The van der Waals surface area contributed by atoms with E-state index in [4.69, 9.17) is 10.5 Å². The van der Waals surface area contributed by atoms with E-state index in [-0.39, 0.29) is 6.04 Å². The lowest BCUT2D eigenvalue weighted by Gasteiger charge is -2.37. The van der Waals surface area contributed by atoms with Crippen LogP contribution in [0.15, 0.2) is 18.2 Å². The van der Waals surface area contributed by atoms with Crippen LogP contribution in [0.4, 0.5) is 8.78 Å². The maximum atomic E-state index is 13.1. The zero-order chi connectivity index (χ0) is 11.8. The number of hydrogen-bond donors (Lipinski definition) is 1. The predicted octanol–water partition coefficient (Wildman–Crippen LogP) is 2.32.